The Morgan fingerprint density at radius 3 is 2.31 bits per heavy atom. The fraction of sp³-hybridized carbons (Fsp3) is 0.0741. The lowest BCUT2D eigenvalue weighted by Gasteiger charge is -2.19. The van der Waals surface area contributed by atoms with Gasteiger partial charge in [0.2, 0.25) is 5.78 Å². The average Bonchev–Trinajstić information content (AvgIpc) is 2.89. The molecule has 0 radical (unpaired) electrons. The molecule has 0 spiro atoms. The summed E-state index contributed by atoms with van der Waals surface area (Å²) in [5, 5.41) is 10.4. The first kappa shape index (κ1) is 24.3. The van der Waals surface area contributed by atoms with Gasteiger partial charge in [-0.1, -0.05) is 23.7 Å². The molecule has 1 heterocycles. The van der Waals surface area contributed by atoms with Gasteiger partial charge >= 0.3 is 5.97 Å². The highest BCUT2D eigenvalue weighted by molar-refractivity contribution is 7.98. The Kier molecular flexibility index (Phi) is 7.39. The molecule has 35 heavy (non-hydrogen) atoms. The second kappa shape index (κ2) is 10.6. The normalized spacial score (nSPS) is 10.6. The van der Waals surface area contributed by atoms with E-state index < -0.39 is 5.97 Å². The molecule has 0 bridgehead atoms. The van der Waals surface area contributed by atoms with E-state index in [1.807, 2.05) is 48.5 Å². The quantitative estimate of drug-likeness (QED) is 0.205. The third kappa shape index (κ3) is 5.48. The van der Waals surface area contributed by atoms with Gasteiger partial charge in [0.1, 0.15) is 22.8 Å². The van der Waals surface area contributed by atoms with E-state index in [4.69, 9.17) is 16.3 Å². The fourth-order valence-electron chi connectivity index (χ4n) is 3.43. The molecule has 1 N–H and O–H groups in total. The lowest BCUT2D eigenvalue weighted by atomic mass is 10.0. The maximum Gasteiger partial charge on any atom is 0.339 e. The summed E-state index contributed by atoms with van der Waals surface area (Å²) in [6.45, 7) is 0. The first-order chi connectivity index (χ1) is 16.9. The standard InChI is InChI=1S/C27H21ClN2O4S/c1-30(19-10-8-18(28)9-11-19)20-12-13-22(29-16-20)26(31)17-7-14-23(21(15-17)27(32)33)34-24-5-3-4-6-25(24)35-2/h3-16H,1-2H3,(H,32,33). The largest absolute Gasteiger partial charge is 0.478 e. The van der Waals surface area contributed by atoms with E-state index in [2.05, 4.69) is 4.98 Å². The van der Waals surface area contributed by atoms with Crippen molar-refractivity contribution in [3.05, 3.63) is 107 Å². The summed E-state index contributed by atoms with van der Waals surface area (Å²) in [6, 6.07) is 22.5. The molecule has 0 unspecified atom stereocenters. The number of anilines is 2. The van der Waals surface area contributed by atoms with Crippen molar-refractivity contribution in [2.75, 3.05) is 18.2 Å². The molecular formula is C27H21ClN2O4S. The molecular weight excluding hydrogens is 484 g/mol. The number of aromatic nitrogens is 1. The number of thioether (sulfide) groups is 1. The van der Waals surface area contributed by atoms with Gasteiger partial charge in [-0.15, -0.1) is 11.8 Å². The van der Waals surface area contributed by atoms with Crippen LogP contribution < -0.4 is 9.64 Å². The molecule has 3 aromatic carbocycles. The Labute approximate surface area is 212 Å². The molecule has 0 aliphatic carbocycles. The number of carboxylic acid groups (broad SMARTS) is 1. The van der Waals surface area contributed by atoms with E-state index in [9.17, 15) is 14.7 Å². The number of carbonyl (C=O) groups is 2. The number of nitrogens with zero attached hydrogens (tertiary/aromatic N) is 2. The Bertz CT molecular complexity index is 1380. The molecule has 8 heteroatoms. The molecule has 0 aliphatic rings. The molecule has 0 saturated carbocycles. The van der Waals surface area contributed by atoms with Crippen LogP contribution in [-0.2, 0) is 0 Å². The number of carboxylic acids is 1. The molecule has 1 aromatic heterocycles. The Hall–Kier alpha value is -3.81. The Morgan fingerprint density at radius 1 is 0.943 bits per heavy atom. The van der Waals surface area contributed by atoms with Crippen LogP contribution in [0.5, 0.6) is 11.5 Å². The number of benzene rings is 3. The van der Waals surface area contributed by atoms with Crippen LogP contribution in [0.1, 0.15) is 26.4 Å². The molecule has 4 aromatic rings. The first-order valence-corrected chi connectivity index (χ1v) is 12.2. The van der Waals surface area contributed by atoms with Crippen LogP contribution in [0.2, 0.25) is 5.02 Å². The average molecular weight is 505 g/mol. The first-order valence-electron chi connectivity index (χ1n) is 10.6. The monoisotopic (exact) mass is 504 g/mol. The van der Waals surface area contributed by atoms with Crippen LogP contribution in [0.4, 0.5) is 11.4 Å². The van der Waals surface area contributed by atoms with Crippen molar-refractivity contribution >= 4 is 46.5 Å². The van der Waals surface area contributed by atoms with Crippen LogP contribution in [0.25, 0.3) is 0 Å². The van der Waals surface area contributed by atoms with Gasteiger partial charge in [-0.05, 0) is 73.0 Å². The number of para-hydroxylation sites is 1. The zero-order valence-electron chi connectivity index (χ0n) is 18.9. The fourth-order valence-corrected chi connectivity index (χ4v) is 4.08. The van der Waals surface area contributed by atoms with Crippen molar-refractivity contribution in [1.82, 2.24) is 4.98 Å². The third-order valence-electron chi connectivity index (χ3n) is 5.34. The smallest absolute Gasteiger partial charge is 0.339 e. The molecule has 0 amide bonds. The van der Waals surface area contributed by atoms with Crippen LogP contribution in [0, 0.1) is 0 Å². The number of pyridine rings is 1. The third-order valence-corrected chi connectivity index (χ3v) is 6.37. The molecule has 0 aliphatic heterocycles. The maximum atomic E-state index is 13.1. The number of halogens is 1. The maximum absolute atomic E-state index is 13.1. The summed E-state index contributed by atoms with van der Waals surface area (Å²) in [4.78, 5) is 32.1. The highest BCUT2D eigenvalue weighted by Crippen LogP contribution is 2.33. The van der Waals surface area contributed by atoms with Gasteiger partial charge in [-0.3, -0.25) is 9.78 Å². The van der Waals surface area contributed by atoms with E-state index in [0.717, 1.165) is 16.3 Å². The number of hydrogen-bond donors (Lipinski definition) is 1. The van der Waals surface area contributed by atoms with Gasteiger partial charge in [-0.2, -0.15) is 0 Å². The van der Waals surface area contributed by atoms with Crippen molar-refractivity contribution in [2.45, 2.75) is 4.90 Å². The van der Waals surface area contributed by atoms with Crippen LogP contribution >= 0.6 is 23.4 Å². The molecule has 6 nitrogen and oxygen atoms in total. The summed E-state index contributed by atoms with van der Waals surface area (Å²) in [6.07, 6.45) is 3.50. The molecule has 0 atom stereocenters. The second-order valence-electron chi connectivity index (χ2n) is 7.54. The summed E-state index contributed by atoms with van der Waals surface area (Å²) < 4.78 is 5.88. The molecule has 0 saturated heterocycles. The summed E-state index contributed by atoms with van der Waals surface area (Å²) in [7, 11) is 1.88. The van der Waals surface area contributed by atoms with Gasteiger partial charge in [-0.25, -0.2) is 4.79 Å². The second-order valence-corrected chi connectivity index (χ2v) is 8.82. The lowest BCUT2D eigenvalue weighted by molar-refractivity contribution is 0.0694. The van der Waals surface area contributed by atoms with Crippen molar-refractivity contribution in [3.8, 4) is 11.5 Å². The van der Waals surface area contributed by atoms with Gasteiger partial charge in [0.05, 0.1) is 11.9 Å². The number of ketones is 1. The van der Waals surface area contributed by atoms with E-state index >= 15 is 0 Å². The number of rotatable bonds is 8. The van der Waals surface area contributed by atoms with Gasteiger partial charge in [0.15, 0.2) is 0 Å². The van der Waals surface area contributed by atoms with E-state index in [-0.39, 0.29) is 28.4 Å². The summed E-state index contributed by atoms with van der Waals surface area (Å²) in [5.74, 6) is -0.875. The number of ether oxygens (including phenoxy) is 1. The molecule has 0 fully saturated rings. The van der Waals surface area contributed by atoms with Crippen molar-refractivity contribution in [2.24, 2.45) is 0 Å². The Balaban J connectivity index is 1.57. The predicted molar refractivity (Wildman–Crippen MR) is 139 cm³/mol. The zero-order chi connectivity index (χ0) is 24.9. The summed E-state index contributed by atoms with van der Waals surface area (Å²) >= 11 is 7.45. The molecule has 176 valence electrons. The van der Waals surface area contributed by atoms with E-state index in [1.54, 1.807) is 42.6 Å². The number of carbonyl (C=O) groups excluding carboxylic acids is 1. The van der Waals surface area contributed by atoms with Gasteiger partial charge in [0, 0.05) is 28.2 Å². The Morgan fingerprint density at radius 2 is 1.66 bits per heavy atom. The van der Waals surface area contributed by atoms with Crippen molar-refractivity contribution < 1.29 is 19.4 Å². The van der Waals surface area contributed by atoms with Crippen molar-refractivity contribution in [1.29, 1.82) is 0 Å². The highest BCUT2D eigenvalue weighted by Gasteiger charge is 2.19. The number of aromatic carboxylic acids is 1. The van der Waals surface area contributed by atoms with Gasteiger partial charge < -0.3 is 14.7 Å². The lowest BCUT2D eigenvalue weighted by Crippen LogP contribution is -2.11. The highest BCUT2D eigenvalue weighted by atomic mass is 35.5. The van der Waals surface area contributed by atoms with Crippen LogP contribution in [0.3, 0.4) is 0 Å². The SMILES string of the molecule is CSc1ccccc1Oc1ccc(C(=O)c2ccc(N(C)c3ccc(Cl)cc3)cn2)cc1C(=O)O. The van der Waals surface area contributed by atoms with E-state index in [0.29, 0.717) is 10.8 Å². The molecule has 4 rings (SSSR count). The minimum Gasteiger partial charge on any atom is -0.478 e. The summed E-state index contributed by atoms with van der Waals surface area (Å²) in [5.41, 5.74) is 2.01. The minimum atomic E-state index is -1.19. The van der Waals surface area contributed by atoms with Crippen LogP contribution in [0.15, 0.2) is 90.0 Å². The van der Waals surface area contributed by atoms with Crippen LogP contribution in [-0.4, -0.2) is 35.1 Å². The number of hydrogen-bond acceptors (Lipinski definition) is 6. The zero-order valence-corrected chi connectivity index (χ0v) is 20.5. The van der Waals surface area contributed by atoms with Gasteiger partial charge in [0.25, 0.3) is 0 Å². The topological polar surface area (TPSA) is 79.7 Å². The predicted octanol–water partition coefficient (Wildman–Crippen LogP) is 6.95. The van der Waals surface area contributed by atoms with Crippen molar-refractivity contribution in [3.63, 3.8) is 0 Å². The van der Waals surface area contributed by atoms with E-state index in [1.165, 1.54) is 23.9 Å². The minimum absolute atomic E-state index is 0.106.